The first-order valence-corrected chi connectivity index (χ1v) is 9.89. The van der Waals surface area contributed by atoms with Crippen LogP contribution in [0.1, 0.15) is 20.3 Å². The molecule has 0 radical (unpaired) electrons. The minimum atomic E-state index is -0.756. The van der Waals surface area contributed by atoms with Crippen LogP contribution in [0.15, 0.2) is 28.6 Å². The molecule has 0 fully saturated rings. The first-order chi connectivity index (χ1) is 12.3. The van der Waals surface area contributed by atoms with Crippen molar-refractivity contribution in [1.29, 1.82) is 0 Å². The van der Waals surface area contributed by atoms with Gasteiger partial charge in [-0.15, -0.1) is 11.8 Å². The number of primary amides is 1. The first kappa shape index (κ1) is 20.2. The third-order valence-corrected chi connectivity index (χ3v) is 5.21. The molecule has 1 heterocycles. The quantitative estimate of drug-likeness (QED) is 0.544. The Balaban J connectivity index is 2.50. The second-order valence-electron chi connectivity index (χ2n) is 5.86. The number of thioether (sulfide) groups is 1. The average molecular weight is 397 g/mol. The highest BCUT2D eigenvalue weighted by Gasteiger charge is 2.26. The van der Waals surface area contributed by atoms with Crippen LogP contribution in [-0.2, 0) is 9.59 Å². The van der Waals surface area contributed by atoms with E-state index in [1.807, 2.05) is 20.1 Å². The summed E-state index contributed by atoms with van der Waals surface area (Å²) in [5.74, 6) is -1.38. The van der Waals surface area contributed by atoms with E-state index < -0.39 is 24.1 Å². The van der Waals surface area contributed by atoms with Crippen molar-refractivity contribution in [3.8, 4) is 5.75 Å². The summed E-state index contributed by atoms with van der Waals surface area (Å²) < 4.78 is 20.3. The molecule has 140 valence electrons. The molecule has 2 aromatic rings. The Morgan fingerprint density at radius 2 is 2.15 bits per heavy atom. The van der Waals surface area contributed by atoms with E-state index in [2.05, 4.69) is 4.98 Å². The predicted molar refractivity (Wildman–Crippen MR) is 102 cm³/mol. The number of carbonyl (C=O) groups excluding carboxylic acids is 2. The van der Waals surface area contributed by atoms with Crippen LogP contribution in [0, 0.1) is 11.7 Å². The Morgan fingerprint density at radius 3 is 2.73 bits per heavy atom. The molecule has 0 unspecified atom stereocenters. The van der Waals surface area contributed by atoms with Gasteiger partial charge in [-0.1, -0.05) is 25.2 Å². The summed E-state index contributed by atoms with van der Waals surface area (Å²) in [4.78, 5) is 29.4. The molecule has 2 N–H and O–H groups in total. The summed E-state index contributed by atoms with van der Waals surface area (Å²) in [6.07, 6.45) is 3.03. The Kier molecular flexibility index (Phi) is 6.98. The van der Waals surface area contributed by atoms with E-state index >= 15 is 0 Å². The van der Waals surface area contributed by atoms with Crippen molar-refractivity contribution >= 4 is 45.7 Å². The van der Waals surface area contributed by atoms with E-state index in [4.69, 9.17) is 10.5 Å². The van der Waals surface area contributed by atoms with Crippen molar-refractivity contribution in [2.24, 2.45) is 11.7 Å². The van der Waals surface area contributed by atoms with E-state index in [9.17, 15) is 14.0 Å². The summed E-state index contributed by atoms with van der Waals surface area (Å²) in [5, 5.41) is 0.363. The van der Waals surface area contributed by atoms with Crippen LogP contribution in [0.3, 0.4) is 0 Å². The largest absolute Gasteiger partial charge is 0.491 e. The van der Waals surface area contributed by atoms with Gasteiger partial charge in [0.05, 0.1) is 22.7 Å². The number of rotatable bonds is 8. The van der Waals surface area contributed by atoms with Gasteiger partial charge in [-0.3, -0.25) is 14.5 Å². The number of aromatic nitrogens is 1. The highest BCUT2D eigenvalue weighted by Crippen LogP contribution is 2.38. The minimum Gasteiger partial charge on any atom is -0.491 e. The molecule has 26 heavy (non-hydrogen) atoms. The average Bonchev–Trinajstić information content (AvgIpc) is 3.02. The maximum absolute atomic E-state index is 13.7. The van der Waals surface area contributed by atoms with Crippen LogP contribution in [0.5, 0.6) is 5.75 Å². The number of ether oxygens (including phenoxy) is 1. The number of halogens is 1. The van der Waals surface area contributed by atoms with Crippen molar-refractivity contribution in [3.05, 3.63) is 30.2 Å². The molecule has 0 spiro atoms. The molecule has 6 nitrogen and oxygen atoms in total. The second-order valence-corrected chi connectivity index (χ2v) is 7.97. The SMILES string of the molecule is CSc1cnc(N(C(=O)CC(N)=O)c2ccc(F)cc2OCC(C)C)s1. The van der Waals surface area contributed by atoms with Gasteiger partial charge >= 0.3 is 0 Å². The highest BCUT2D eigenvalue weighted by molar-refractivity contribution is 8.00. The fourth-order valence-corrected chi connectivity index (χ4v) is 3.46. The molecule has 0 aliphatic rings. The smallest absolute Gasteiger partial charge is 0.242 e. The molecule has 1 aromatic heterocycles. The lowest BCUT2D eigenvalue weighted by Gasteiger charge is -2.23. The van der Waals surface area contributed by atoms with Gasteiger partial charge in [0, 0.05) is 6.07 Å². The van der Waals surface area contributed by atoms with E-state index in [1.165, 1.54) is 46.2 Å². The van der Waals surface area contributed by atoms with Crippen LogP contribution >= 0.6 is 23.1 Å². The lowest BCUT2D eigenvalue weighted by molar-refractivity contribution is -0.125. The van der Waals surface area contributed by atoms with E-state index in [0.717, 1.165) is 4.21 Å². The van der Waals surface area contributed by atoms with Crippen molar-refractivity contribution in [2.45, 2.75) is 24.5 Å². The zero-order valence-electron chi connectivity index (χ0n) is 14.7. The standard InChI is InChI=1S/C17H20FN3O3S2/c1-10(2)9-24-13-6-11(18)4-5-12(13)21(15(23)7-14(19)22)17-20-8-16(25-3)26-17/h4-6,8,10H,7,9H2,1-3H3,(H2,19,22). The number of hydrogen-bond donors (Lipinski definition) is 1. The Bertz CT molecular complexity index is 795. The monoisotopic (exact) mass is 397 g/mol. The molecule has 2 rings (SSSR count). The van der Waals surface area contributed by atoms with Gasteiger partial charge in [0.25, 0.3) is 0 Å². The van der Waals surface area contributed by atoms with Crippen molar-refractivity contribution in [2.75, 3.05) is 17.8 Å². The third-order valence-electron chi connectivity index (χ3n) is 3.17. The zero-order chi connectivity index (χ0) is 19.3. The Hall–Kier alpha value is -2.13. The van der Waals surface area contributed by atoms with Crippen LogP contribution < -0.4 is 15.4 Å². The molecular formula is C17H20FN3O3S2. The normalized spacial score (nSPS) is 10.8. The van der Waals surface area contributed by atoms with Gasteiger partial charge in [-0.2, -0.15) is 0 Å². The molecule has 0 saturated carbocycles. The van der Waals surface area contributed by atoms with Gasteiger partial charge < -0.3 is 10.5 Å². The lowest BCUT2D eigenvalue weighted by atomic mass is 10.2. The summed E-state index contributed by atoms with van der Waals surface area (Å²) in [6, 6.07) is 3.88. The number of hydrogen-bond acceptors (Lipinski definition) is 6. The predicted octanol–water partition coefficient (Wildman–Crippen LogP) is 3.58. The molecule has 0 atom stereocenters. The van der Waals surface area contributed by atoms with E-state index in [0.29, 0.717) is 17.4 Å². The lowest BCUT2D eigenvalue weighted by Crippen LogP contribution is -2.30. The number of benzene rings is 1. The zero-order valence-corrected chi connectivity index (χ0v) is 16.3. The third kappa shape index (κ3) is 5.18. The summed E-state index contributed by atoms with van der Waals surface area (Å²) >= 11 is 2.77. The maximum atomic E-state index is 13.7. The van der Waals surface area contributed by atoms with Crippen molar-refractivity contribution in [3.63, 3.8) is 0 Å². The highest BCUT2D eigenvalue weighted by atomic mass is 32.2. The number of amides is 2. The van der Waals surface area contributed by atoms with Crippen molar-refractivity contribution in [1.82, 2.24) is 4.98 Å². The summed E-state index contributed by atoms with van der Waals surface area (Å²) in [7, 11) is 0. The molecule has 9 heteroatoms. The second kappa shape index (κ2) is 9.00. The van der Waals surface area contributed by atoms with E-state index in [-0.39, 0.29) is 11.7 Å². The van der Waals surface area contributed by atoms with Crippen molar-refractivity contribution < 1.29 is 18.7 Å². The number of nitrogens with two attached hydrogens (primary N) is 1. The number of carbonyl (C=O) groups is 2. The Morgan fingerprint density at radius 1 is 1.42 bits per heavy atom. The number of nitrogens with zero attached hydrogens (tertiary/aromatic N) is 2. The molecule has 0 aliphatic carbocycles. The van der Waals surface area contributed by atoms with Crippen LogP contribution in [0.25, 0.3) is 0 Å². The van der Waals surface area contributed by atoms with Gasteiger partial charge in [0.2, 0.25) is 11.8 Å². The van der Waals surface area contributed by atoms with Gasteiger partial charge in [0.1, 0.15) is 18.0 Å². The molecule has 2 amide bonds. The topological polar surface area (TPSA) is 85.5 Å². The van der Waals surface area contributed by atoms with Crippen LogP contribution in [0.2, 0.25) is 0 Å². The van der Waals surface area contributed by atoms with E-state index in [1.54, 1.807) is 6.20 Å². The fraction of sp³-hybridized carbons (Fsp3) is 0.353. The minimum absolute atomic E-state index is 0.206. The molecule has 0 saturated heterocycles. The first-order valence-electron chi connectivity index (χ1n) is 7.85. The maximum Gasteiger partial charge on any atom is 0.242 e. The summed E-state index contributed by atoms with van der Waals surface area (Å²) in [5.41, 5.74) is 5.50. The molecule has 1 aromatic carbocycles. The van der Waals surface area contributed by atoms with Crippen LogP contribution in [0.4, 0.5) is 15.2 Å². The molecule has 0 aliphatic heterocycles. The number of anilines is 2. The van der Waals surface area contributed by atoms with Gasteiger partial charge in [0.15, 0.2) is 5.13 Å². The summed E-state index contributed by atoms with van der Waals surface area (Å²) in [6.45, 7) is 4.27. The Labute approximate surface area is 159 Å². The van der Waals surface area contributed by atoms with Crippen LogP contribution in [-0.4, -0.2) is 29.7 Å². The van der Waals surface area contributed by atoms with Gasteiger partial charge in [-0.25, -0.2) is 9.37 Å². The molecular weight excluding hydrogens is 377 g/mol. The van der Waals surface area contributed by atoms with Gasteiger partial charge in [-0.05, 0) is 24.3 Å². The molecule has 0 bridgehead atoms. The number of thiazole rings is 1. The fourth-order valence-electron chi connectivity index (χ4n) is 2.07.